The molecular weight excluding hydrogens is 213 g/mol. The molecule has 0 nitrogen and oxygen atoms in total. The third kappa shape index (κ3) is 99.1. The van der Waals surface area contributed by atoms with Gasteiger partial charge in [-0.2, -0.15) is 0 Å². The molecular formula is C3H7Cl2Pd-. The first-order valence-corrected chi connectivity index (χ1v) is 0.816. The molecule has 6 heavy (non-hydrogen) atoms. The summed E-state index contributed by atoms with van der Waals surface area (Å²) in [7, 11) is 0. The van der Waals surface area contributed by atoms with Gasteiger partial charge in [-0.3, -0.25) is 0 Å². The summed E-state index contributed by atoms with van der Waals surface area (Å²) in [6.45, 7) is 6.50. The van der Waals surface area contributed by atoms with Gasteiger partial charge in [0.05, 0.1) is 0 Å². The van der Waals surface area contributed by atoms with E-state index >= 15 is 0 Å². The Morgan fingerprint density at radius 2 is 1.33 bits per heavy atom. The normalized spacial score (nSPS) is 2.00. The smallest absolute Gasteiger partial charge is 0 e. The fourth-order valence-corrected chi connectivity index (χ4v) is 0. The third-order valence-corrected chi connectivity index (χ3v) is 0. The molecule has 44 valence electrons. The van der Waals surface area contributed by atoms with Crippen LogP contribution in [0.5, 0.6) is 0 Å². The first-order valence-electron chi connectivity index (χ1n) is 0.816. The molecule has 0 fully saturated rings. The van der Waals surface area contributed by atoms with Crippen LogP contribution in [0, 0.1) is 6.92 Å². The molecule has 0 saturated carbocycles. The summed E-state index contributed by atoms with van der Waals surface area (Å²) in [5.74, 6) is 0. The summed E-state index contributed by atoms with van der Waals surface area (Å²) in [4.78, 5) is 0. The summed E-state index contributed by atoms with van der Waals surface area (Å²) >= 11 is 0. The topological polar surface area (TPSA) is 0 Å². The van der Waals surface area contributed by atoms with Gasteiger partial charge in [0, 0.05) is 20.4 Å². The predicted molar refractivity (Wildman–Crippen MR) is 30.0 cm³/mol. The predicted octanol–water partition coefficient (Wildman–Crippen LogP) is 1.85. The second-order valence-corrected chi connectivity index (χ2v) is 0.289. The Hall–Kier alpha value is 0.852. The maximum Gasteiger partial charge on any atom is 0 e. The zero-order valence-corrected chi connectivity index (χ0v) is 6.31. The molecule has 3 heteroatoms. The summed E-state index contributed by atoms with van der Waals surface area (Å²) < 4.78 is 0. The Labute approximate surface area is 64.9 Å². The van der Waals surface area contributed by atoms with Crippen LogP contribution in [0.4, 0.5) is 0 Å². The Kier molecular flexibility index (Phi) is 193. The van der Waals surface area contributed by atoms with E-state index in [0.717, 1.165) is 0 Å². The van der Waals surface area contributed by atoms with Gasteiger partial charge in [0.15, 0.2) is 0 Å². The van der Waals surface area contributed by atoms with Crippen molar-refractivity contribution >= 4 is 24.8 Å². The molecule has 0 bridgehead atoms. The first kappa shape index (κ1) is 28.8. The minimum absolute atomic E-state index is 0. The zero-order chi connectivity index (χ0) is 2.71. The van der Waals surface area contributed by atoms with Gasteiger partial charge in [0.1, 0.15) is 0 Å². The molecule has 0 spiro atoms. The molecule has 0 amide bonds. The Morgan fingerprint density at radius 1 is 1.33 bits per heavy atom. The van der Waals surface area contributed by atoms with E-state index in [2.05, 4.69) is 13.5 Å². The first-order chi connectivity index (χ1) is 1.41. The number of allylic oxidation sites excluding steroid dienone is 1. The van der Waals surface area contributed by atoms with Gasteiger partial charge in [-0.25, -0.2) is 19.6 Å². The third-order valence-electron chi connectivity index (χ3n) is 0. The Bertz CT molecular complexity index is 16.3. The van der Waals surface area contributed by atoms with Crippen LogP contribution in [0.25, 0.3) is 0 Å². The quantitative estimate of drug-likeness (QED) is 0.432. The Morgan fingerprint density at radius 3 is 1.33 bits per heavy atom. The van der Waals surface area contributed by atoms with Crippen molar-refractivity contribution in [2.24, 2.45) is 0 Å². The van der Waals surface area contributed by atoms with Crippen molar-refractivity contribution < 1.29 is 20.4 Å². The largest absolute Gasteiger partial charge is 0.245 e. The fourth-order valence-electron chi connectivity index (χ4n) is 0. The average Bonchev–Trinajstić information content (AvgIpc) is 0.918. The number of hydrogen-bond donors (Lipinski definition) is 0. The van der Waals surface area contributed by atoms with Crippen LogP contribution >= 0.6 is 24.8 Å². The van der Waals surface area contributed by atoms with E-state index in [1.165, 1.54) is 6.08 Å². The monoisotopic (exact) mass is 219 g/mol. The molecule has 0 radical (unpaired) electrons. The molecule has 0 aromatic carbocycles. The van der Waals surface area contributed by atoms with Crippen LogP contribution in [0.2, 0.25) is 0 Å². The van der Waals surface area contributed by atoms with E-state index in [4.69, 9.17) is 0 Å². The van der Waals surface area contributed by atoms with E-state index < -0.39 is 0 Å². The molecule has 0 N–H and O–H groups in total. The fraction of sp³-hybridized carbons (Fsp3) is 0. The zero-order valence-electron chi connectivity index (χ0n) is 3.12. The van der Waals surface area contributed by atoms with Gasteiger partial charge in [-0.15, -0.1) is 24.8 Å². The van der Waals surface area contributed by atoms with E-state index in [1.807, 2.05) is 0 Å². The van der Waals surface area contributed by atoms with Gasteiger partial charge in [-0.05, 0) is 0 Å². The molecule has 0 atom stereocenters. The van der Waals surface area contributed by atoms with Crippen LogP contribution in [0.15, 0.2) is 12.7 Å². The standard InChI is InChI=1S/C3H5.2ClH.Pd/c1-3-2;;;/h3H,1-2H2;2*1H;/q-1;;;. The van der Waals surface area contributed by atoms with Crippen LogP contribution in [-0.2, 0) is 20.4 Å². The van der Waals surface area contributed by atoms with E-state index in [9.17, 15) is 0 Å². The number of halogens is 2. The average molecular weight is 220 g/mol. The van der Waals surface area contributed by atoms with Crippen molar-refractivity contribution in [3.63, 3.8) is 0 Å². The second-order valence-electron chi connectivity index (χ2n) is 0.289. The van der Waals surface area contributed by atoms with Gasteiger partial charge < -0.3 is 0 Å². The van der Waals surface area contributed by atoms with Gasteiger partial charge >= 0.3 is 0 Å². The van der Waals surface area contributed by atoms with Crippen molar-refractivity contribution in [3.05, 3.63) is 19.6 Å². The van der Waals surface area contributed by atoms with Crippen LogP contribution in [0.3, 0.4) is 0 Å². The van der Waals surface area contributed by atoms with E-state index in [1.54, 1.807) is 0 Å². The molecule has 0 aliphatic carbocycles. The molecule has 0 saturated heterocycles. The number of rotatable bonds is 0. The molecule has 0 aliphatic rings. The van der Waals surface area contributed by atoms with E-state index in [-0.39, 0.29) is 45.2 Å². The molecule has 0 heterocycles. The minimum Gasteiger partial charge on any atom is -0.245 e. The van der Waals surface area contributed by atoms with Crippen LogP contribution in [0.1, 0.15) is 0 Å². The van der Waals surface area contributed by atoms with Crippen molar-refractivity contribution in [1.29, 1.82) is 0 Å². The summed E-state index contributed by atoms with van der Waals surface area (Å²) in [6.07, 6.45) is 1.50. The van der Waals surface area contributed by atoms with Crippen molar-refractivity contribution in [2.75, 3.05) is 0 Å². The summed E-state index contributed by atoms with van der Waals surface area (Å²) in [5, 5.41) is 0. The van der Waals surface area contributed by atoms with Crippen molar-refractivity contribution in [3.8, 4) is 0 Å². The van der Waals surface area contributed by atoms with Crippen molar-refractivity contribution in [2.45, 2.75) is 0 Å². The molecule has 0 aliphatic heterocycles. The second kappa shape index (κ2) is 40.2. The Balaban J connectivity index is -0.00000000667. The molecule has 0 rings (SSSR count). The molecule has 0 aromatic heterocycles. The van der Waals surface area contributed by atoms with Gasteiger partial charge in [0.2, 0.25) is 0 Å². The number of hydrogen-bond acceptors (Lipinski definition) is 0. The summed E-state index contributed by atoms with van der Waals surface area (Å²) in [6, 6.07) is 0. The SMILES string of the molecule is C=C[CH2-].Cl.Cl.[Pd]. The van der Waals surface area contributed by atoms with Crippen LogP contribution in [-0.4, -0.2) is 0 Å². The van der Waals surface area contributed by atoms with E-state index in [0.29, 0.717) is 0 Å². The molecule has 0 unspecified atom stereocenters. The van der Waals surface area contributed by atoms with Gasteiger partial charge in [-0.1, -0.05) is 0 Å². The van der Waals surface area contributed by atoms with Crippen molar-refractivity contribution in [1.82, 2.24) is 0 Å². The van der Waals surface area contributed by atoms with Gasteiger partial charge in [0.25, 0.3) is 0 Å². The van der Waals surface area contributed by atoms with Crippen LogP contribution < -0.4 is 0 Å². The minimum atomic E-state index is 0. The molecule has 0 aromatic rings. The maximum atomic E-state index is 3.25. The summed E-state index contributed by atoms with van der Waals surface area (Å²) in [5.41, 5.74) is 0. The maximum absolute atomic E-state index is 3.25.